The Bertz CT molecular complexity index is 1140. The molecule has 2 heterocycles. The highest BCUT2D eigenvalue weighted by Gasteiger charge is 2.33. The maximum atomic E-state index is 13.0. The second-order valence-electron chi connectivity index (χ2n) is 11.5. The minimum Gasteiger partial charge on any atom is -0.441 e. The molecule has 0 atom stereocenters. The Balaban J connectivity index is 1.70. The standard InChI is InChI=1S/C29H40N2O4Si2/c1-20-23(31-26(33-20)21-13-11-10-12-14-21)17-18-25(32)22-15-16-24(30-19-22)27(34-36(8)28(2,3)4)35-37(9)29(5,6)7/h10-16,19,27H,17-18H2,1-9H3. The maximum absolute atomic E-state index is 13.0. The largest absolute Gasteiger partial charge is 0.441 e. The minimum absolute atomic E-state index is 0.0194. The van der Waals surface area contributed by atoms with Crippen molar-refractivity contribution in [1.82, 2.24) is 9.97 Å². The Labute approximate surface area is 225 Å². The number of carbonyl (C=O) groups is 1. The zero-order valence-corrected chi connectivity index (χ0v) is 25.6. The van der Waals surface area contributed by atoms with Gasteiger partial charge in [0.25, 0.3) is 0 Å². The van der Waals surface area contributed by atoms with Crippen LogP contribution >= 0.6 is 0 Å². The van der Waals surface area contributed by atoms with E-state index in [0.29, 0.717) is 30.0 Å². The van der Waals surface area contributed by atoms with E-state index in [9.17, 15) is 4.79 Å². The molecule has 3 rings (SSSR count). The highest BCUT2D eigenvalue weighted by Crippen LogP contribution is 2.35. The summed E-state index contributed by atoms with van der Waals surface area (Å²) in [6, 6.07) is 13.5. The van der Waals surface area contributed by atoms with E-state index in [0.717, 1.165) is 17.0 Å². The van der Waals surface area contributed by atoms with E-state index in [1.807, 2.05) is 49.4 Å². The molecule has 8 heteroatoms. The van der Waals surface area contributed by atoms with Crippen molar-refractivity contribution in [3.05, 3.63) is 71.4 Å². The van der Waals surface area contributed by atoms with E-state index in [1.165, 1.54) is 0 Å². The second-order valence-corrected chi connectivity index (χ2v) is 17.2. The van der Waals surface area contributed by atoms with E-state index in [-0.39, 0.29) is 15.9 Å². The molecule has 0 N–H and O–H groups in total. The first-order valence-electron chi connectivity index (χ1n) is 12.8. The van der Waals surface area contributed by atoms with Gasteiger partial charge >= 0.3 is 0 Å². The molecular formula is C29H40N2O4Si2. The lowest BCUT2D eigenvalue weighted by Crippen LogP contribution is -2.34. The van der Waals surface area contributed by atoms with Gasteiger partial charge in [-0.1, -0.05) is 59.7 Å². The highest BCUT2D eigenvalue weighted by molar-refractivity contribution is 6.55. The van der Waals surface area contributed by atoms with Crippen molar-refractivity contribution in [3.63, 3.8) is 0 Å². The summed E-state index contributed by atoms with van der Waals surface area (Å²) >= 11 is 0. The second kappa shape index (κ2) is 12.0. The van der Waals surface area contributed by atoms with Gasteiger partial charge in [0.15, 0.2) is 12.1 Å². The Morgan fingerprint density at radius 3 is 2.05 bits per heavy atom. The lowest BCUT2D eigenvalue weighted by molar-refractivity contribution is -0.0110. The Morgan fingerprint density at radius 2 is 1.54 bits per heavy atom. The number of rotatable bonds is 10. The first-order chi connectivity index (χ1) is 17.3. The molecule has 2 aromatic heterocycles. The van der Waals surface area contributed by atoms with Gasteiger partial charge in [-0.05, 0) is 54.4 Å². The molecule has 0 saturated heterocycles. The molecule has 2 radical (unpaired) electrons. The SMILES string of the molecule is Cc1oc(-c2ccccc2)nc1CCC(=O)c1ccc(C(O[Si](C)C(C)(C)C)O[Si](C)C(C)(C)C)nc1. The van der Waals surface area contributed by atoms with Gasteiger partial charge in [0.05, 0.1) is 11.4 Å². The minimum atomic E-state index is -1.16. The summed E-state index contributed by atoms with van der Waals surface area (Å²) in [4.78, 5) is 22.2. The van der Waals surface area contributed by atoms with Crippen LogP contribution in [0.2, 0.25) is 23.2 Å². The Morgan fingerprint density at radius 1 is 0.946 bits per heavy atom. The number of nitrogens with zero attached hydrogens (tertiary/aromatic N) is 2. The van der Waals surface area contributed by atoms with Gasteiger partial charge in [0.1, 0.15) is 5.76 Å². The fraction of sp³-hybridized carbons (Fsp3) is 0.483. The normalized spacial score (nSPS) is 12.6. The van der Waals surface area contributed by atoms with Crippen molar-refractivity contribution in [2.24, 2.45) is 0 Å². The molecule has 0 aliphatic rings. The lowest BCUT2D eigenvalue weighted by Gasteiger charge is -2.33. The Kier molecular flexibility index (Phi) is 9.44. The molecule has 0 fully saturated rings. The summed E-state index contributed by atoms with van der Waals surface area (Å²) in [5.74, 6) is 1.34. The first kappa shape index (κ1) is 29.2. The fourth-order valence-corrected chi connectivity index (χ4v) is 5.05. The van der Waals surface area contributed by atoms with Gasteiger partial charge in [-0.25, -0.2) is 4.98 Å². The predicted octanol–water partition coefficient (Wildman–Crippen LogP) is 7.74. The maximum Gasteiger partial charge on any atom is 0.226 e. The van der Waals surface area contributed by atoms with E-state index in [2.05, 4.69) is 64.6 Å². The summed E-state index contributed by atoms with van der Waals surface area (Å²) in [5.41, 5.74) is 3.01. The molecule has 37 heavy (non-hydrogen) atoms. The van der Waals surface area contributed by atoms with Crippen LogP contribution in [0.5, 0.6) is 0 Å². The molecule has 0 saturated carbocycles. The molecule has 3 aromatic rings. The zero-order valence-electron chi connectivity index (χ0n) is 23.6. The van der Waals surface area contributed by atoms with Crippen LogP contribution in [0, 0.1) is 6.92 Å². The number of pyridine rings is 1. The van der Waals surface area contributed by atoms with Crippen LogP contribution in [0.15, 0.2) is 53.1 Å². The van der Waals surface area contributed by atoms with Gasteiger partial charge in [-0.2, -0.15) is 0 Å². The number of ketones is 1. The average molecular weight is 537 g/mol. The summed E-state index contributed by atoms with van der Waals surface area (Å²) in [6.45, 7) is 19.3. The highest BCUT2D eigenvalue weighted by atomic mass is 28.3. The van der Waals surface area contributed by atoms with Crippen molar-refractivity contribution >= 4 is 23.9 Å². The fourth-order valence-electron chi connectivity index (χ4n) is 3.27. The number of aromatic nitrogens is 2. The number of hydrogen-bond acceptors (Lipinski definition) is 6. The van der Waals surface area contributed by atoms with E-state index < -0.39 is 24.4 Å². The topological polar surface area (TPSA) is 74.5 Å². The lowest BCUT2D eigenvalue weighted by atomic mass is 10.1. The third-order valence-electron chi connectivity index (χ3n) is 6.53. The first-order valence-corrected chi connectivity index (χ1v) is 16.6. The molecule has 0 spiro atoms. The third kappa shape index (κ3) is 8.04. The van der Waals surface area contributed by atoms with Gasteiger partial charge < -0.3 is 13.3 Å². The molecule has 0 aliphatic heterocycles. The molecule has 198 valence electrons. The summed E-state index contributed by atoms with van der Waals surface area (Å²) < 4.78 is 18.8. The zero-order chi connectivity index (χ0) is 27.4. The quantitative estimate of drug-likeness (QED) is 0.150. The van der Waals surface area contributed by atoms with Crippen LogP contribution < -0.4 is 0 Å². The van der Waals surface area contributed by atoms with Gasteiger partial charge in [0.2, 0.25) is 24.0 Å². The molecule has 0 aliphatic carbocycles. The van der Waals surface area contributed by atoms with Crippen LogP contribution in [0.3, 0.4) is 0 Å². The van der Waals surface area contributed by atoms with Crippen molar-refractivity contribution in [3.8, 4) is 11.5 Å². The van der Waals surface area contributed by atoms with Gasteiger partial charge in [-0.3, -0.25) is 9.78 Å². The third-order valence-corrected chi connectivity index (χ3v) is 11.9. The monoisotopic (exact) mass is 536 g/mol. The van der Waals surface area contributed by atoms with E-state index in [1.54, 1.807) is 6.20 Å². The molecule has 0 bridgehead atoms. The predicted molar refractivity (Wildman–Crippen MR) is 151 cm³/mol. The number of benzene rings is 1. The molecule has 0 unspecified atom stereocenters. The van der Waals surface area contributed by atoms with Crippen molar-refractivity contribution in [1.29, 1.82) is 0 Å². The molecule has 1 aromatic carbocycles. The van der Waals surface area contributed by atoms with Crippen molar-refractivity contribution in [2.45, 2.75) is 90.8 Å². The van der Waals surface area contributed by atoms with Crippen LogP contribution in [0.1, 0.15) is 81.8 Å². The van der Waals surface area contributed by atoms with Gasteiger partial charge in [0, 0.05) is 30.2 Å². The van der Waals surface area contributed by atoms with Crippen LogP contribution in [-0.4, -0.2) is 33.8 Å². The molecular weight excluding hydrogens is 497 g/mol. The average Bonchev–Trinajstić information content (AvgIpc) is 3.22. The van der Waals surface area contributed by atoms with Crippen LogP contribution in [0.4, 0.5) is 0 Å². The number of aryl methyl sites for hydroxylation is 2. The molecule has 6 nitrogen and oxygen atoms in total. The number of Topliss-reactive ketones (excluding diaryl/α,β-unsaturated/α-hetero) is 1. The smallest absolute Gasteiger partial charge is 0.226 e. The summed E-state index contributed by atoms with van der Waals surface area (Å²) in [6.07, 6.45) is 1.95. The number of carbonyl (C=O) groups excluding carboxylic acids is 1. The summed E-state index contributed by atoms with van der Waals surface area (Å²) in [7, 11) is -2.32. The van der Waals surface area contributed by atoms with E-state index >= 15 is 0 Å². The van der Waals surface area contributed by atoms with E-state index in [4.69, 9.17) is 13.3 Å². The number of hydrogen-bond donors (Lipinski definition) is 0. The summed E-state index contributed by atoms with van der Waals surface area (Å²) in [5, 5.41) is 0.119. The van der Waals surface area contributed by atoms with Crippen LogP contribution in [-0.2, 0) is 15.3 Å². The van der Waals surface area contributed by atoms with Gasteiger partial charge in [-0.15, -0.1) is 0 Å². The molecule has 0 amide bonds. The van der Waals surface area contributed by atoms with Crippen molar-refractivity contribution in [2.75, 3.05) is 0 Å². The van der Waals surface area contributed by atoms with Crippen LogP contribution in [0.25, 0.3) is 11.5 Å². The van der Waals surface area contributed by atoms with Crippen molar-refractivity contribution < 1.29 is 18.1 Å². The Hall–Kier alpha value is -2.40. The number of oxazole rings is 1.